The Morgan fingerprint density at radius 1 is 1.07 bits per heavy atom. The van der Waals surface area contributed by atoms with Crippen LogP contribution in [0.15, 0.2) is 54.7 Å². The van der Waals surface area contributed by atoms with E-state index >= 15 is 0 Å². The van der Waals surface area contributed by atoms with E-state index in [9.17, 15) is 9.18 Å². The molecule has 0 aliphatic carbocycles. The van der Waals surface area contributed by atoms with Crippen LogP contribution in [0.1, 0.15) is 12.8 Å². The number of carbonyl (C=O) groups is 1. The molecule has 2 aromatic carbocycles. The number of hydrogen-bond acceptors (Lipinski definition) is 3. The van der Waals surface area contributed by atoms with E-state index in [0.29, 0.717) is 11.3 Å². The van der Waals surface area contributed by atoms with Crippen LogP contribution in [0, 0.1) is 5.82 Å². The molecule has 0 bridgehead atoms. The van der Waals surface area contributed by atoms with Gasteiger partial charge in [-0.2, -0.15) is 5.10 Å². The molecule has 1 amide bonds. The third-order valence-corrected chi connectivity index (χ3v) is 5.00. The van der Waals surface area contributed by atoms with Crippen LogP contribution in [0.25, 0.3) is 22.4 Å². The quantitative estimate of drug-likeness (QED) is 0.676. The van der Waals surface area contributed by atoms with Crippen LogP contribution in [0.2, 0.25) is 0 Å². The largest absolute Gasteiger partial charge is 0.484 e. The summed E-state index contributed by atoms with van der Waals surface area (Å²) >= 11 is 0. The predicted molar refractivity (Wildman–Crippen MR) is 105 cm³/mol. The summed E-state index contributed by atoms with van der Waals surface area (Å²) < 4.78 is 21.6. The molecule has 6 heteroatoms. The highest BCUT2D eigenvalue weighted by Crippen LogP contribution is 2.29. The van der Waals surface area contributed by atoms with Gasteiger partial charge in [0.2, 0.25) is 0 Å². The van der Waals surface area contributed by atoms with E-state index in [2.05, 4.69) is 5.10 Å². The number of aromatic nitrogens is 2. The third kappa shape index (κ3) is 3.91. The molecule has 3 aromatic rings. The molecule has 0 atom stereocenters. The molecule has 1 aromatic heterocycles. The first-order chi connectivity index (χ1) is 13.6. The second kappa shape index (κ2) is 7.84. The van der Waals surface area contributed by atoms with Gasteiger partial charge in [-0.3, -0.25) is 9.48 Å². The SMILES string of the molecule is Cn1nccc1-c1cccc(-c2cc(F)cc(OCC(=O)N3CCCC3)c2)c1. The molecule has 1 aliphatic heterocycles. The van der Waals surface area contributed by atoms with E-state index in [-0.39, 0.29) is 12.5 Å². The number of carbonyl (C=O) groups excluding carboxylic acids is 1. The molecule has 144 valence electrons. The lowest BCUT2D eigenvalue weighted by atomic mass is 10.0. The number of nitrogens with zero attached hydrogens (tertiary/aromatic N) is 3. The second-order valence-corrected chi connectivity index (χ2v) is 6.97. The fourth-order valence-electron chi connectivity index (χ4n) is 3.53. The Balaban J connectivity index is 1.55. The predicted octanol–water partition coefficient (Wildman–Crippen LogP) is 3.89. The molecular weight excluding hydrogens is 357 g/mol. The number of aryl methyl sites for hydroxylation is 1. The average Bonchev–Trinajstić information content (AvgIpc) is 3.38. The number of halogens is 1. The van der Waals surface area contributed by atoms with Gasteiger partial charge in [-0.05, 0) is 48.2 Å². The minimum atomic E-state index is -0.396. The lowest BCUT2D eigenvalue weighted by Gasteiger charge is -2.16. The van der Waals surface area contributed by atoms with Crippen LogP contribution in [0.4, 0.5) is 4.39 Å². The zero-order valence-electron chi connectivity index (χ0n) is 15.8. The topological polar surface area (TPSA) is 47.4 Å². The maximum absolute atomic E-state index is 14.2. The van der Waals surface area contributed by atoms with Crippen molar-refractivity contribution in [1.29, 1.82) is 0 Å². The first kappa shape index (κ1) is 18.2. The van der Waals surface area contributed by atoms with Crippen molar-refractivity contribution in [2.75, 3.05) is 19.7 Å². The van der Waals surface area contributed by atoms with Gasteiger partial charge in [-0.25, -0.2) is 4.39 Å². The number of amides is 1. The Morgan fingerprint density at radius 3 is 2.61 bits per heavy atom. The highest BCUT2D eigenvalue weighted by molar-refractivity contribution is 5.78. The number of hydrogen-bond donors (Lipinski definition) is 0. The van der Waals surface area contributed by atoms with Crippen molar-refractivity contribution < 1.29 is 13.9 Å². The van der Waals surface area contributed by atoms with Crippen molar-refractivity contribution in [2.45, 2.75) is 12.8 Å². The zero-order chi connectivity index (χ0) is 19.5. The lowest BCUT2D eigenvalue weighted by Crippen LogP contribution is -2.32. The molecule has 1 fully saturated rings. The van der Waals surface area contributed by atoms with Gasteiger partial charge in [0.15, 0.2) is 6.61 Å². The standard InChI is InChI=1S/C22H22FN3O2/c1-25-21(7-8-24-25)17-6-4-5-16(11-17)18-12-19(23)14-20(13-18)28-15-22(27)26-9-2-3-10-26/h4-8,11-14H,2-3,9-10,15H2,1H3. The zero-order valence-corrected chi connectivity index (χ0v) is 15.8. The highest BCUT2D eigenvalue weighted by Gasteiger charge is 2.18. The summed E-state index contributed by atoms with van der Waals surface area (Å²) in [5.41, 5.74) is 3.54. The molecule has 1 aliphatic rings. The Morgan fingerprint density at radius 2 is 1.86 bits per heavy atom. The maximum Gasteiger partial charge on any atom is 0.260 e. The van der Waals surface area contributed by atoms with Gasteiger partial charge in [0.1, 0.15) is 11.6 Å². The van der Waals surface area contributed by atoms with E-state index in [4.69, 9.17) is 4.74 Å². The second-order valence-electron chi connectivity index (χ2n) is 6.97. The fourth-order valence-corrected chi connectivity index (χ4v) is 3.53. The number of benzene rings is 2. The first-order valence-electron chi connectivity index (χ1n) is 9.40. The van der Waals surface area contributed by atoms with Crippen molar-refractivity contribution in [2.24, 2.45) is 7.05 Å². The average molecular weight is 379 g/mol. The van der Waals surface area contributed by atoms with Crippen LogP contribution >= 0.6 is 0 Å². The molecule has 2 heterocycles. The maximum atomic E-state index is 14.2. The third-order valence-electron chi connectivity index (χ3n) is 5.00. The van der Waals surface area contributed by atoms with Gasteiger partial charge >= 0.3 is 0 Å². The molecule has 0 saturated carbocycles. The molecule has 0 N–H and O–H groups in total. The first-order valence-corrected chi connectivity index (χ1v) is 9.40. The van der Waals surface area contributed by atoms with Crippen LogP contribution in [0.5, 0.6) is 5.75 Å². The van der Waals surface area contributed by atoms with Crippen LogP contribution < -0.4 is 4.74 Å². The van der Waals surface area contributed by atoms with E-state index in [1.165, 1.54) is 12.1 Å². The monoisotopic (exact) mass is 379 g/mol. The Bertz CT molecular complexity index is 993. The van der Waals surface area contributed by atoms with Crippen molar-refractivity contribution in [3.05, 3.63) is 60.5 Å². The Labute approximate surface area is 163 Å². The molecule has 28 heavy (non-hydrogen) atoms. The Hall–Kier alpha value is -3.15. The van der Waals surface area contributed by atoms with Crippen molar-refractivity contribution in [1.82, 2.24) is 14.7 Å². The number of rotatable bonds is 5. The van der Waals surface area contributed by atoms with Gasteiger partial charge in [-0.15, -0.1) is 0 Å². The van der Waals surface area contributed by atoms with Crippen LogP contribution in [0.3, 0.4) is 0 Å². The summed E-state index contributed by atoms with van der Waals surface area (Å²) in [6.07, 6.45) is 3.80. The number of ether oxygens (including phenoxy) is 1. The van der Waals surface area contributed by atoms with Gasteiger partial charge in [-0.1, -0.05) is 18.2 Å². The molecule has 1 saturated heterocycles. The molecule has 5 nitrogen and oxygen atoms in total. The van der Waals surface area contributed by atoms with Gasteiger partial charge in [0.05, 0.1) is 5.69 Å². The minimum absolute atomic E-state index is 0.0542. The van der Waals surface area contributed by atoms with Crippen molar-refractivity contribution in [3.63, 3.8) is 0 Å². The molecule has 4 rings (SSSR count). The molecule has 0 radical (unpaired) electrons. The normalized spacial score (nSPS) is 13.7. The molecule has 0 unspecified atom stereocenters. The summed E-state index contributed by atoms with van der Waals surface area (Å²) in [6, 6.07) is 14.3. The van der Waals surface area contributed by atoms with Crippen molar-refractivity contribution >= 4 is 5.91 Å². The Kier molecular flexibility index (Phi) is 5.10. The van der Waals surface area contributed by atoms with Crippen LogP contribution in [-0.2, 0) is 11.8 Å². The molecule has 0 spiro atoms. The number of likely N-dealkylation sites (tertiary alicyclic amines) is 1. The minimum Gasteiger partial charge on any atom is -0.484 e. The summed E-state index contributed by atoms with van der Waals surface area (Å²) in [4.78, 5) is 14.0. The lowest BCUT2D eigenvalue weighted by molar-refractivity contribution is -0.132. The summed E-state index contributed by atoms with van der Waals surface area (Å²) in [5, 5.41) is 4.20. The smallest absolute Gasteiger partial charge is 0.260 e. The van der Waals surface area contributed by atoms with E-state index in [1.807, 2.05) is 37.4 Å². The van der Waals surface area contributed by atoms with Gasteiger partial charge < -0.3 is 9.64 Å². The summed E-state index contributed by atoms with van der Waals surface area (Å²) in [7, 11) is 1.88. The molecular formula is C22H22FN3O2. The van der Waals surface area contributed by atoms with Crippen molar-refractivity contribution in [3.8, 4) is 28.1 Å². The van der Waals surface area contributed by atoms with Gasteiger partial charge in [0.25, 0.3) is 5.91 Å². The van der Waals surface area contributed by atoms with E-state index < -0.39 is 5.82 Å². The fraction of sp³-hybridized carbons (Fsp3) is 0.273. The van der Waals surface area contributed by atoms with E-state index in [1.54, 1.807) is 21.8 Å². The van der Waals surface area contributed by atoms with Crippen LogP contribution in [-0.4, -0.2) is 40.3 Å². The van der Waals surface area contributed by atoms with E-state index in [0.717, 1.165) is 42.8 Å². The summed E-state index contributed by atoms with van der Waals surface area (Å²) in [5.74, 6) is -0.0953. The summed E-state index contributed by atoms with van der Waals surface area (Å²) in [6.45, 7) is 1.48. The highest BCUT2D eigenvalue weighted by atomic mass is 19.1. The van der Waals surface area contributed by atoms with Gasteiger partial charge in [0, 0.05) is 38.0 Å².